The molecular formula is C21H17NO4S. The molecule has 1 aromatic heterocycles. The molecule has 1 amide bonds. The maximum Gasteiger partial charge on any atom is 0.407 e. The number of hydrogen-bond acceptors (Lipinski definition) is 4. The molecular weight excluding hydrogens is 362 g/mol. The van der Waals surface area contributed by atoms with Crippen molar-refractivity contribution < 1.29 is 19.4 Å². The Hall–Kier alpha value is -3.12. The number of thiophene rings is 1. The van der Waals surface area contributed by atoms with Crippen molar-refractivity contribution in [2.45, 2.75) is 12.5 Å². The van der Waals surface area contributed by atoms with Crippen molar-refractivity contribution in [1.29, 1.82) is 0 Å². The standard InChI is InChI=1S/C21H17NO4S/c23-20(24)19-10-9-13(27-19)11-22-21(25)26-12-18-16-7-3-1-5-14(16)15-6-2-4-8-17(15)18/h1-10,18H,11-12H2,(H,22,25)(H,23,24). The molecule has 27 heavy (non-hydrogen) atoms. The Balaban J connectivity index is 1.39. The number of carbonyl (C=O) groups is 2. The zero-order valence-electron chi connectivity index (χ0n) is 14.3. The third kappa shape index (κ3) is 3.44. The van der Waals surface area contributed by atoms with Crippen LogP contribution in [0.2, 0.25) is 0 Å². The lowest BCUT2D eigenvalue weighted by atomic mass is 9.98. The Morgan fingerprint density at radius 2 is 1.59 bits per heavy atom. The van der Waals surface area contributed by atoms with E-state index in [0.717, 1.165) is 27.3 Å². The largest absolute Gasteiger partial charge is 0.477 e. The smallest absolute Gasteiger partial charge is 0.407 e. The van der Waals surface area contributed by atoms with Crippen molar-refractivity contribution in [1.82, 2.24) is 5.32 Å². The monoisotopic (exact) mass is 379 g/mol. The van der Waals surface area contributed by atoms with Crippen LogP contribution in [0.5, 0.6) is 0 Å². The summed E-state index contributed by atoms with van der Waals surface area (Å²) in [6, 6.07) is 19.6. The van der Waals surface area contributed by atoms with Gasteiger partial charge < -0.3 is 15.2 Å². The zero-order chi connectivity index (χ0) is 18.8. The molecule has 0 bridgehead atoms. The summed E-state index contributed by atoms with van der Waals surface area (Å²) >= 11 is 1.14. The van der Waals surface area contributed by atoms with Gasteiger partial charge in [0.25, 0.3) is 0 Å². The van der Waals surface area contributed by atoms with Crippen LogP contribution in [0.25, 0.3) is 11.1 Å². The molecule has 1 heterocycles. The molecule has 136 valence electrons. The van der Waals surface area contributed by atoms with E-state index in [9.17, 15) is 9.59 Å². The van der Waals surface area contributed by atoms with E-state index < -0.39 is 12.1 Å². The number of benzene rings is 2. The molecule has 1 aliphatic carbocycles. The number of carboxylic acid groups (broad SMARTS) is 1. The minimum absolute atomic E-state index is 0.0171. The van der Waals surface area contributed by atoms with Gasteiger partial charge in [-0.05, 0) is 34.4 Å². The number of aromatic carboxylic acids is 1. The number of nitrogens with one attached hydrogen (secondary N) is 1. The van der Waals surface area contributed by atoms with Crippen molar-refractivity contribution in [3.05, 3.63) is 81.5 Å². The van der Waals surface area contributed by atoms with Gasteiger partial charge in [-0.15, -0.1) is 11.3 Å². The zero-order valence-corrected chi connectivity index (χ0v) is 15.2. The summed E-state index contributed by atoms with van der Waals surface area (Å²) in [4.78, 5) is 24.0. The molecule has 0 saturated carbocycles. The van der Waals surface area contributed by atoms with Crippen molar-refractivity contribution in [2.75, 3.05) is 6.61 Å². The second-order valence-electron chi connectivity index (χ2n) is 6.25. The molecule has 0 aliphatic heterocycles. The summed E-state index contributed by atoms with van der Waals surface area (Å²) in [5.74, 6) is -0.948. The van der Waals surface area contributed by atoms with E-state index >= 15 is 0 Å². The lowest BCUT2D eigenvalue weighted by Crippen LogP contribution is -2.25. The van der Waals surface area contributed by atoms with Gasteiger partial charge in [0.15, 0.2) is 0 Å². The summed E-state index contributed by atoms with van der Waals surface area (Å²) in [5.41, 5.74) is 4.69. The van der Waals surface area contributed by atoms with Crippen LogP contribution in [0.3, 0.4) is 0 Å². The number of carboxylic acids is 1. The first-order valence-electron chi connectivity index (χ1n) is 8.54. The predicted molar refractivity (Wildman–Crippen MR) is 103 cm³/mol. The normalized spacial score (nSPS) is 12.3. The Bertz CT molecular complexity index is 965. The van der Waals surface area contributed by atoms with Gasteiger partial charge in [0.1, 0.15) is 11.5 Å². The van der Waals surface area contributed by atoms with Crippen molar-refractivity contribution in [2.24, 2.45) is 0 Å². The highest BCUT2D eigenvalue weighted by Crippen LogP contribution is 2.44. The number of fused-ring (bicyclic) bond motifs is 3. The minimum atomic E-state index is -0.965. The molecule has 0 spiro atoms. The first kappa shape index (κ1) is 17.3. The second kappa shape index (κ2) is 7.25. The van der Waals surface area contributed by atoms with Gasteiger partial charge in [0.05, 0.1) is 6.54 Å². The minimum Gasteiger partial charge on any atom is -0.477 e. The average Bonchev–Trinajstić information content (AvgIpc) is 3.28. The second-order valence-corrected chi connectivity index (χ2v) is 7.42. The van der Waals surface area contributed by atoms with Crippen molar-refractivity contribution >= 4 is 23.4 Å². The Morgan fingerprint density at radius 1 is 0.963 bits per heavy atom. The molecule has 2 N–H and O–H groups in total. The molecule has 5 nitrogen and oxygen atoms in total. The fraction of sp³-hybridized carbons (Fsp3) is 0.143. The summed E-state index contributed by atoms with van der Waals surface area (Å²) < 4.78 is 5.45. The molecule has 0 fully saturated rings. The van der Waals surface area contributed by atoms with E-state index in [0.29, 0.717) is 0 Å². The topological polar surface area (TPSA) is 75.6 Å². The maximum atomic E-state index is 12.1. The molecule has 0 saturated heterocycles. The first-order chi connectivity index (χ1) is 13.1. The van der Waals surface area contributed by atoms with Gasteiger partial charge in [-0.2, -0.15) is 0 Å². The van der Waals surface area contributed by atoms with Crippen LogP contribution >= 0.6 is 11.3 Å². The van der Waals surface area contributed by atoms with Gasteiger partial charge in [-0.25, -0.2) is 9.59 Å². The van der Waals surface area contributed by atoms with Crippen LogP contribution in [-0.2, 0) is 11.3 Å². The lowest BCUT2D eigenvalue weighted by molar-refractivity contribution is 0.0702. The SMILES string of the molecule is O=C(NCc1ccc(C(=O)O)s1)OCC1c2ccccc2-c2ccccc21. The number of carbonyl (C=O) groups excluding carboxylic acids is 1. The van der Waals surface area contributed by atoms with Gasteiger partial charge in [0, 0.05) is 10.8 Å². The van der Waals surface area contributed by atoms with Crippen LogP contribution in [0, 0.1) is 0 Å². The maximum absolute atomic E-state index is 12.1. The van der Waals surface area contributed by atoms with Crippen LogP contribution in [-0.4, -0.2) is 23.8 Å². The van der Waals surface area contributed by atoms with Crippen LogP contribution in [0.4, 0.5) is 4.79 Å². The Kier molecular flexibility index (Phi) is 4.64. The highest BCUT2D eigenvalue weighted by Gasteiger charge is 2.28. The molecule has 0 atom stereocenters. The molecule has 6 heteroatoms. The summed E-state index contributed by atoms with van der Waals surface area (Å²) in [7, 11) is 0. The van der Waals surface area contributed by atoms with Gasteiger partial charge >= 0.3 is 12.1 Å². The van der Waals surface area contributed by atoms with E-state index in [-0.39, 0.29) is 23.9 Å². The quantitative estimate of drug-likeness (QED) is 0.685. The van der Waals surface area contributed by atoms with Gasteiger partial charge in [-0.3, -0.25) is 0 Å². The third-order valence-electron chi connectivity index (χ3n) is 4.62. The van der Waals surface area contributed by atoms with E-state index in [4.69, 9.17) is 9.84 Å². The summed E-state index contributed by atoms with van der Waals surface area (Å²) in [6.45, 7) is 0.499. The van der Waals surface area contributed by atoms with E-state index in [1.54, 1.807) is 6.07 Å². The highest BCUT2D eigenvalue weighted by molar-refractivity contribution is 7.13. The van der Waals surface area contributed by atoms with E-state index in [1.165, 1.54) is 17.2 Å². The summed E-state index contributed by atoms with van der Waals surface area (Å²) in [5, 5.41) is 11.6. The number of amides is 1. The van der Waals surface area contributed by atoms with E-state index in [1.807, 2.05) is 24.3 Å². The number of hydrogen-bond donors (Lipinski definition) is 2. The van der Waals surface area contributed by atoms with Crippen LogP contribution in [0.1, 0.15) is 31.6 Å². The Labute approximate surface area is 160 Å². The molecule has 1 aliphatic rings. The molecule has 3 aromatic rings. The fourth-order valence-corrected chi connectivity index (χ4v) is 4.18. The number of rotatable bonds is 5. The highest BCUT2D eigenvalue weighted by atomic mass is 32.1. The predicted octanol–water partition coefficient (Wildman–Crippen LogP) is 4.49. The van der Waals surface area contributed by atoms with Crippen LogP contribution < -0.4 is 5.32 Å². The lowest BCUT2D eigenvalue weighted by Gasteiger charge is -2.14. The average molecular weight is 379 g/mol. The third-order valence-corrected chi connectivity index (χ3v) is 5.70. The fourth-order valence-electron chi connectivity index (χ4n) is 3.40. The van der Waals surface area contributed by atoms with Crippen LogP contribution in [0.15, 0.2) is 60.7 Å². The van der Waals surface area contributed by atoms with Crippen molar-refractivity contribution in [3.8, 4) is 11.1 Å². The van der Waals surface area contributed by atoms with Gasteiger partial charge in [-0.1, -0.05) is 48.5 Å². The molecule has 4 rings (SSSR count). The number of alkyl carbamates (subject to hydrolysis) is 1. The van der Waals surface area contributed by atoms with Crippen molar-refractivity contribution in [3.63, 3.8) is 0 Å². The summed E-state index contributed by atoms with van der Waals surface area (Å²) in [6.07, 6.45) is -0.512. The first-order valence-corrected chi connectivity index (χ1v) is 9.36. The molecule has 0 unspecified atom stereocenters. The number of ether oxygens (including phenoxy) is 1. The van der Waals surface area contributed by atoms with Gasteiger partial charge in [0.2, 0.25) is 0 Å². The molecule has 0 radical (unpaired) electrons. The van der Waals surface area contributed by atoms with E-state index in [2.05, 4.69) is 29.6 Å². The molecule has 2 aromatic carbocycles. The Morgan fingerprint density at radius 3 is 2.19 bits per heavy atom.